The maximum absolute atomic E-state index is 5.67. The first kappa shape index (κ1) is 20.6. The van der Waals surface area contributed by atoms with Crippen molar-refractivity contribution in [3.05, 3.63) is 73.5 Å². The summed E-state index contributed by atoms with van der Waals surface area (Å²) in [6.07, 6.45) is 8.57. The lowest BCUT2D eigenvalue weighted by molar-refractivity contribution is 1.33. The van der Waals surface area contributed by atoms with Crippen LogP contribution in [0.1, 0.15) is 27.7 Å². The molecular formula is C16H27N. The number of allylic oxidation sites excluding steroid dienone is 6. The fourth-order valence-corrected chi connectivity index (χ4v) is 0.698. The molecule has 0 aliphatic carbocycles. The molecule has 0 amide bonds. The van der Waals surface area contributed by atoms with E-state index in [1.807, 2.05) is 27.7 Å². The van der Waals surface area contributed by atoms with Crippen molar-refractivity contribution in [2.45, 2.75) is 27.7 Å². The molecule has 0 aromatic heterocycles. The zero-order valence-corrected chi connectivity index (χ0v) is 11.8. The summed E-state index contributed by atoms with van der Waals surface area (Å²) in [5.74, 6) is 0. The molecule has 2 N–H and O–H groups in total. The van der Waals surface area contributed by atoms with E-state index in [1.54, 1.807) is 30.4 Å². The van der Waals surface area contributed by atoms with E-state index in [9.17, 15) is 0 Å². The van der Waals surface area contributed by atoms with Crippen LogP contribution in [0.4, 0.5) is 0 Å². The molecule has 1 nitrogen and oxygen atoms in total. The topological polar surface area (TPSA) is 26.0 Å². The van der Waals surface area contributed by atoms with Crippen molar-refractivity contribution in [1.82, 2.24) is 0 Å². The predicted octanol–water partition coefficient (Wildman–Crippen LogP) is 4.92. The summed E-state index contributed by atoms with van der Waals surface area (Å²) in [6.45, 7) is 22.7. The van der Waals surface area contributed by atoms with Gasteiger partial charge in [-0.1, -0.05) is 78.3 Å². The summed E-state index contributed by atoms with van der Waals surface area (Å²) >= 11 is 0. The number of hydrogen-bond acceptors (Lipinski definition) is 1. The summed E-state index contributed by atoms with van der Waals surface area (Å²) in [5.41, 5.74) is 7.73. The highest BCUT2D eigenvalue weighted by atomic mass is 14.6. The Kier molecular flexibility index (Phi) is 20.2. The van der Waals surface area contributed by atoms with Gasteiger partial charge in [-0.25, -0.2) is 0 Å². The molecule has 96 valence electrons. The minimum atomic E-state index is 0.578. The van der Waals surface area contributed by atoms with Gasteiger partial charge in [-0.2, -0.15) is 0 Å². The largest absolute Gasteiger partial charge is 0.398 e. The summed E-state index contributed by atoms with van der Waals surface area (Å²) in [5, 5.41) is 0. The van der Waals surface area contributed by atoms with Crippen molar-refractivity contribution in [3.8, 4) is 0 Å². The van der Waals surface area contributed by atoms with Crippen molar-refractivity contribution in [3.63, 3.8) is 0 Å². The Bertz CT molecular complexity index is 291. The third-order valence-corrected chi connectivity index (χ3v) is 1.47. The second-order valence-corrected chi connectivity index (χ2v) is 2.46. The second kappa shape index (κ2) is 16.7. The predicted molar refractivity (Wildman–Crippen MR) is 82.8 cm³/mol. The average Bonchev–Trinajstić information content (AvgIpc) is 2.40. The summed E-state index contributed by atoms with van der Waals surface area (Å²) in [6, 6.07) is 0. The van der Waals surface area contributed by atoms with E-state index in [1.165, 1.54) is 0 Å². The van der Waals surface area contributed by atoms with Crippen LogP contribution in [-0.2, 0) is 0 Å². The molecule has 0 heterocycles. The Hall–Kier alpha value is -1.76. The molecule has 0 radical (unpaired) electrons. The van der Waals surface area contributed by atoms with E-state index < -0.39 is 0 Å². The highest BCUT2D eigenvalue weighted by Crippen LogP contribution is 2.12. The van der Waals surface area contributed by atoms with Crippen LogP contribution in [0.25, 0.3) is 0 Å². The lowest BCUT2D eigenvalue weighted by atomic mass is 10.1. The van der Waals surface area contributed by atoms with Crippen LogP contribution in [0.2, 0.25) is 0 Å². The zero-order chi connectivity index (χ0) is 14.3. The molecule has 0 unspecified atom stereocenters. The number of rotatable bonds is 5. The van der Waals surface area contributed by atoms with Crippen LogP contribution in [0.15, 0.2) is 73.5 Å². The smallest absolute Gasteiger partial charge is 0.0387 e. The molecule has 0 fully saturated rings. The number of hydrogen-bond donors (Lipinski definition) is 1. The minimum absolute atomic E-state index is 0.578. The van der Waals surface area contributed by atoms with Gasteiger partial charge in [0.15, 0.2) is 0 Å². The Morgan fingerprint density at radius 2 is 1.41 bits per heavy atom. The van der Waals surface area contributed by atoms with Gasteiger partial charge in [0.2, 0.25) is 0 Å². The molecule has 0 rings (SSSR count). The van der Waals surface area contributed by atoms with E-state index in [2.05, 4.69) is 26.3 Å². The first-order chi connectivity index (χ1) is 8.13. The van der Waals surface area contributed by atoms with Gasteiger partial charge < -0.3 is 5.73 Å². The molecule has 0 aliphatic heterocycles. The highest BCUT2D eigenvalue weighted by molar-refractivity contribution is 5.48. The van der Waals surface area contributed by atoms with Crippen molar-refractivity contribution >= 4 is 0 Å². The third kappa shape index (κ3) is 12.2. The third-order valence-electron chi connectivity index (χ3n) is 1.47. The fourth-order valence-electron chi connectivity index (χ4n) is 0.698. The second-order valence-electron chi connectivity index (χ2n) is 2.46. The maximum atomic E-state index is 5.67. The normalized spacial score (nSPS) is 9.29. The van der Waals surface area contributed by atoms with E-state index in [4.69, 9.17) is 5.73 Å². The SMILES string of the molecule is C=C/C=C\C(=C)C(=C)/C(N)=C\C=C.CC.CC. The first-order valence-electron chi connectivity index (χ1n) is 5.89. The molecule has 0 spiro atoms. The highest BCUT2D eigenvalue weighted by Gasteiger charge is 1.97. The van der Waals surface area contributed by atoms with Gasteiger partial charge in [-0.05, 0) is 17.2 Å². The van der Waals surface area contributed by atoms with Crippen LogP contribution in [-0.4, -0.2) is 0 Å². The molecule has 0 saturated heterocycles. The first-order valence-corrected chi connectivity index (χ1v) is 5.89. The fraction of sp³-hybridized carbons (Fsp3) is 0.250. The van der Waals surface area contributed by atoms with Crippen LogP contribution in [0, 0.1) is 0 Å². The Labute approximate surface area is 107 Å². The van der Waals surface area contributed by atoms with Gasteiger partial charge in [0.05, 0.1) is 0 Å². The van der Waals surface area contributed by atoms with E-state index in [0.29, 0.717) is 11.3 Å². The summed E-state index contributed by atoms with van der Waals surface area (Å²) < 4.78 is 0. The minimum Gasteiger partial charge on any atom is -0.398 e. The van der Waals surface area contributed by atoms with Gasteiger partial charge in [-0.15, -0.1) is 0 Å². The molecule has 0 atom stereocenters. The van der Waals surface area contributed by atoms with Crippen LogP contribution in [0.5, 0.6) is 0 Å². The van der Waals surface area contributed by atoms with Gasteiger partial charge in [-0.3, -0.25) is 0 Å². The summed E-state index contributed by atoms with van der Waals surface area (Å²) in [7, 11) is 0. The van der Waals surface area contributed by atoms with E-state index in [-0.39, 0.29) is 0 Å². The molecule has 0 aromatic carbocycles. The molecule has 0 aliphatic rings. The summed E-state index contributed by atoms with van der Waals surface area (Å²) in [4.78, 5) is 0. The Morgan fingerprint density at radius 3 is 1.76 bits per heavy atom. The van der Waals surface area contributed by atoms with E-state index in [0.717, 1.165) is 5.57 Å². The molecule has 0 aromatic rings. The van der Waals surface area contributed by atoms with E-state index >= 15 is 0 Å². The van der Waals surface area contributed by atoms with Crippen LogP contribution >= 0.6 is 0 Å². The molecular weight excluding hydrogens is 206 g/mol. The van der Waals surface area contributed by atoms with Crippen molar-refractivity contribution in [1.29, 1.82) is 0 Å². The average molecular weight is 233 g/mol. The monoisotopic (exact) mass is 233 g/mol. The lowest BCUT2D eigenvalue weighted by Crippen LogP contribution is -2.00. The molecule has 0 bridgehead atoms. The maximum Gasteiger partial charge on any atom is 0.0387 e. The van der Waals surface area contributed by atoms with Gasteiger partial charge in [0.25, 0.3) is 0 Å². The van der Waals surface area contributed by atoms with Crippen molar-refractivity contribution < 1.29 is 0 Å². The van der Waals surface area contributed by atoms with Gasteiger partial charge >= 0.3 is 0 Å². The Balaban J connectivity index is -0.000000439. The molecule has 0 saturated carbocycles. The van der Waals surface area contributed by atoms with Crippen LogP contribution < -0.4 is 5.73 Å². The molecule has 17 heavy (non-hydrogen) atoms. The van der Waals surface area contributed by atoms with Crippen molar-refractivity contribution in [2.75, 3.05) is 0 Å². The molecule has 1 heteroatoms. The Morgan fingerprint density at radius 1 is 0.941 bits per heavy atom. The lowest BCUT2D eigenvalue weighted by Gasteiger charge is -2.04. The van der Waals surface area contributed by atoms with Gasteiger partial charge in [0, 0.05) is 5.70 Å². The van der Waals surface area contributed by atoms with Crippen molar-refractivity contribution in [2.24, 2.45) is 5.73 Å². The standard InChI is InChI=1S/C12H15N.2C2H6/c1-5-7-9-10(3)11(4)12(13)8-6-2;2*1-2/h5-9H,1-4,13H2;2*1-2H3/b9-7-,12-8+;;. The zero-order valence-electron chi connectivity index (χ0n) is 11.8. The quantitative estimate of drug-likeness (QED) is 0.670. The van der Waals surface area contributed by atoms with Crippen LogP contribution in [0.3, 0.4) is 0 Å². The number of nitrogens with two attached hydrogens (primary N) is 1. The van der Waals surface area contributed by atoms with Gasteiger partial charge in [0.1, 0.15) is 0 Å².